The molecule has 6 nitrogen and oxygen atoms in total. The van der Waals surface area contributed by atoms with Gasteiger partial charge in [0.2, 0.25) is 15.9 Å². The molecule has 2 aromatic rings. The molecule has 0 heterocycles. The first kappa shape index (κ1) is 19.1. The molecule has 0 radical (unpaired) electrons. The van der Waals surface area contributed by atoms with E-state index in [2.05, 4.69) is 5.32 Å². The Bertz CT molecular complexity index is 955. The second-order valence-electron chi connectivity index (χ2n) is 5.07. The van der Waals surface area contributed by atoms with Crippen molar-refractivity contribution in [3.8, 4) is 6.07 Å². The number of hydrogen-bond acceptors (Lipinski definition) is 4. The standard InChI is InChI=1S/C16H13Cl2N3O3S/c1-25(23,24)21(15-7-6-12(17)8-13(15)18)10-16(22)20-14-5-3-2-4-11(14)9-19/h2-8H,10H2,1H3,(H,20,22). The van der Waals surface area contributed by atoms with Crippen LogP contribution in [0, 0.1) is 11.3 Å². The minimum atomic E-state index is -3.78. The topological polar surface area (TPSA) is 90.3 Å². The van der Waals surface area contributed by atoms with Crippen molar-refractivity contribution in [2.45, 2.75) is 0 Å². The molecule has 1 N–H and O–H groups in total. The number of carbonyl (C=O) groups is 1. The predicted molar refractivity (Wildman–Crippen MR) is 98.4 cm³/mol. The Morgan fingerprint density at radius 1 is 1.24 bits per heavy atom. The van der Waals surface area contributed by atoms with Gasteiger partial charge in [0.25, 0.3) is 0 Å². The van der Waals surface area contributed by atoms with E-state index in [1.807, 2.05) is 6.07 Å². The van der Waals surface area contributed by atoms with Crippen molar-refractivity contribution in [2.75, 3.05) is 22.4 Å². The first-order valence-corrected chi connectivity index (χ1v) is 9.54. The van der Waals surface area contributed by atoms with Gasteiger partial charge in [0, 0.05) is 5.02 Å². The molecule has 0 bridgehead atoms. The number of carbonyl (C=O) groups excluding carboxylic acids is 1. The van der Waals surface area contributed by atoms with E-state index < -0.39 is 22.5 Å². The lowest BCUT2D eigenvalue weighted by molar-refractivity contribution is -0.114. The molecular formula is C16H13Cl2N3O3S. The summed E-state index contributed by atoms with van der Waals surface area (Å²) in [5, 5.41) is 12.0. The molecule has 9 heteroatoms. The van der Waals surface area contributed by atoms with E-state index in [9.17, 15) is 13.2 Å². The summed E-state index contributed by atoms with van der Waals surface area (Å²) in [7, 11) is -3.78. The van der Waals surface area contributed by atoms with Gasteiger partial charge in [-0.15, -0.1) is 0 Å². The van der Waals surface area contributed by atoms with E-state index >= 15 is 0 Å². The van der Waals surface area contributed by atoms with Gasteiger partial charge in [-0.25, -0.2) is 8.42 Å². The monoisotopic (exact) mass is 397 g/mol. The number of hydrogen-bond donors (Lipinski definition) is 1. The zero-order valence-electron chi connectivity index (χ0n) is 13.0. The summed E-state index contributed by atoms with van der Waals surface area (Å²) in [4.78, 5) is 12.3. The van der Waals surface area contributed by atoms with Crippen molar-refractivity contribution in [1.29, 1.82) is 5.26 Å². The number of nitrogens with zero attached hydrogens (tertiary/aromatic N) is 2. The van der Waals surface area contributed by atoms with Crippen LogP contribution in [-0.4, -0.2) is 27.1 Å². The van der Waals surface area contributed by atoms with Crippen LogP contribution in [0.25, 0.3) is 0 Å². The fourth-order valence-electron chi connectivity index (χ4n) is 2.07. The number of nitriles is 1. The number of nitrogens with one attached hydrogen (secondary N) is 1. The summed E-state index contributed by atoms with van der Waals surface area (Å²) in [6.07, 6.45) is 0.967. The normalized spacial score (nSPS) is 10.8. The zero-order chi connectivity index (χ0) is 18.6. The van der Waals surface area contributed by atoms with Crippen molar-refractivity contribution in [3.63, 3.8) is 0 Å². The highest BCUT2D eigenvalue weighted by molar-refractivity contribution is 7.92. The summed E-state index contributed by atoms with van der Waals surface area (Å²) in [6, 6.07) is 12.6. The summed E-state index contributed by atoms with van der Waals surface area (Å²) in [5.41, 5.74) is 0.703. The quantitative estimate of drug-likeness (QED) is 0.837. The van der Waals surface area contributed by atoms with E-state index in [1.54, 1.807) is 24.3 Å². The van der Waals surface area contributed by atoms with Gasteiger partial charge in [-0.05, 0) is 30.3 Å². The fraction of sp³-hybridized carbons (Fsp3) is 0.125. The molecule has 0 saturated heterocycles. The van der Waals surface area contributed by atoms with Gasteiger partial charge in [0.1, 0.15) is 12.6 Å². The third-order valence-corrected chi connectivity index (χ3v) is 4.85. The van der Waals surface area contributed by atoms with Crippen LogP contribution in [-0.2, 0) is 14.8 Å². The molecule has 0 spiro atoms. The SMILES string of the molecule is CS(=O)(=O)N(CC(=O)Nc1ccccc1C#N)c1ccc(Cl)cc1Cl. The molecule has 0 saturated carbocycles. The number of sulfonamides is 1. The maximum Gasteiger partial charge on any atom is 0.245 e. The Balaban J connectivity index is 2.29. The lowest BCUT2D eigenvalue weighted by Gasteiger charge is -2.23. The van der Waals surface area contributed by atoms with Gasteiger partial charge in [0.15, 0.2) is 0 Å². The maximum atomic E-state index is 12.3. The molecule has 0 aliphatic carbocycles. The largest absolute Gasteiger partial charge is 0.323 e. The second-order valence-corrected chi connectivity index (χ2v) is 7.82. The van der Waals surface area contributed by atoms with Crippen LogP contribution < -0.4 is 9.62 Å². The lowest BCUT2D eigenvalue weighted by Crippen LogP contribution is -2.37. The van der Waals surface area contributed by atoms with Crippen LogP contribution in [0.2, 0.25) is 10.0 Å². The lowest BCUT2D eigenvalue weighted by atomic mass is 10.2. The highest BCUT2D eigenvalue weighted by atomic mass is 35.5. The molecule has 25 heavy (non-hydrogen) atoms. The minimum Gasteiger partial charge on any atom is -0.323 e. The number of halogens is 2. The number of anilines is 2. The van der Waals surface area contributed by atoms with E-state index in [-0.39, 0.29) is 16.3 Å². The molecular weight excluding hydrogens is 385 g/mol. The van der Waals surface area contributed by atoms with E-state index in [0.29, 0.717) is 10.7 Å². The van der Waals surface area contributed by atoms with Crippen molar-refractivity contribution < 1.29 is 13.2 Å². The van der Waals surface area contributed by atoms with Crippen molar-refractivity contribution in [2.24, 2.45) is 0 Å². The van der Waals surface area contributed by atoms with E-state index in [4.69, 9.17) is 28.5 Å². The van der Waals surface area contributed by atoms with Crippen LogP contribution >= 0.6 is 23.2 Å². The molecule has 1 amide bonds. The van der Waals surface area contributed by atoms with Crippen LogP contribution in [0.1, 0.15) is 5.56 Å². The van der Waals surface area contributed by atoms with Crippen molar-refractivity contribution in [1.82, 2.24) is 0 Å². The maximum absolute atomic E-state index is 12.3. The predicted octanol–water partition coefficient (Wildman–Crippen LogP) is 3.27. The molecule has 0 aliphatic rings. The molecule has 0 aliphatic heterocycles. The Labute approximate surface area is 155 Å². The molecule has 0 atom stereocenters. The zero-order valence-corrected chi connectivity index (χ0v) is 15.4. The second kappa shape index (κ2) is 7.74. The first-order chi connectivity index (χ1) is 11.7. The minimum absolute atomic E-state index is 0.100. The molecule has 130 valence electrons. The van der Waals surface area contributed by atoms with Crippen LogP contribution in [0.5, 0.6) is 0 Å². The number of para-hydroxylation sites is 1. The van der Waals surface area contributed by atoms with Crippen LogP contribution in [0.4, 0.5) is 11.4 Å². The number of rotatable bonds is 5. The first-order valence-electron chi connectivity index (χ1n) is 6.94. The van der Waals surface area contributed by atoms with Crippen LogP contribution in [0.3, 0.4) is 0 Å². The summed E-state index contributed by atoms with van der Waals surface area (Å²) >= 11 is 11.9. The van der Waals surface area contributed by atoms with Crippen molar-refractivity contribution in [3.05, 3.63) is 58.1 Å². The molecule has 0 unspecified atom stereocenters. The van der Waals surface area contributed by atoms with Gasteiger partial charge in [-0.1, -0.05) is 35.3 Å². The smallest absolute Gasteiger partial charge is 0.245 e. The Morgan fingerprint density at radius 3 is 2.52 bits per heavy atom. The Morgan fingerprint density at radius 2 is 1.92 bits per heavy atom. The number of benzene rings is 2. The van der Waals surface area contributed by atoms with Gasteiger partial charge < -0.3 is 5.32 Å². The molecule has 2 rings (SSSR count). The number of amides is 1. The third-order valence-electron chi connectivity index (χ3n) is 3.19. The van der Waals surface area contributed by atoms with E-state index in [0.717, 1.165) is 10.6 Å². The summed E-state index contributed by atoms with van der Waals surface area (Å²) in [6.45, 7) is -0.500. The average Bonchev–Trinajstić information content (AvgIpc) is 2.53. The molecule has 2 aromatic carbocycles. The van der Waals surface area contributed by atoms with Gasteiger partial charge in [0.05, 0.1) is 28.2 Å². The average molecular weight is 398 g/mol. The highest BCUT2D eigenvalue weighted by Gasteiger charge is 2.23. The summed E-state index contributed by atoms with van der Waals surface area (Å²) in [5.74, 6) is -0.612. The Kier molecular flexibility index (Phi) is 5.90. The van der Waals surface area contributed by atoms with Crippen LogP contribution in [0.15, 0.2) is 42.5 Å². The highest BCUT2D eigenvalue weighted by Crippen LogP contribution is 2.30. The molecule has 0 aromatic heterocycles. The third kappa shape index (κ3) is 4.86. The van der Waals surface area contributed by atoms with Gasteiger partial charge in [-0.2, -0.15) is 5.26 Å². The van der Waals surface area contributed by atoms with E-state index in [1.165, 1.54) is 18.2 Å². The summed E-state index contributed by atoms with van der Waals surface area (Å²) < 4.78 is 25.0. The van der Waals surface area contributed by atoms with Gasteiger partial charge >= 0.3 is 0 Å². The Hall–Kier alpha value is -2.27. The van der Waals surface area contributed by atoms with Gasteiger partial charge in [-0.3, -0.25) is 9.10 Å². The van der Waals surface area contributed by atoms with Crippen molar-refractivity contribution >= 4 is 50.5 Å². The fourth-order valence-corrected chi connectivity index (χ4v) is 3.50. The molecule has 0 fully saturated rings.